The van der Waals surface area contributed by atoms with E-state index in [1.807, 2.05) is 29.9 Å². The molecular weight excluding hydrogens is 275 g/mol. The van der Waals surface area contributed by atoms with E-state index in [-0.39, 0.29) is 0 Å². The van der Waals surface area contributed by atoms with Crippen molar-refractivity contribution in [3.63, 3.8) is 0 Å². The zero-order valence-corrected chi connectivity index (χ0v) is 10.6. The first-order valence-corrected chi connectivity index (χ1v) is 5.76. The van der Waals surface area contributed by atoms with Gasteiger partial charge in [0.15, 0.2) is 0 Å². The Morgan fingerprint density at radius 3 is 2.87 bits per heavy atom. The first-order chi connectivity index (χ1) is 7.15. The van der Waals surface area contributed by atoms with E-state index in [2.05, 4.69) is 33.2 Å². The molecule has 0 saturated carbocycles. The molecule has 2 nitrogen and oxygen atoms in total. The van der Waals surface area contributed by atoms with Gasteiger partial charge in [-0.3, -0.25) is 4.68 Å². The lowest BCUT2D eigenvalue weighted by Crippen LogP contribution is -2.00. The van der Waals surface area contributed by atoms with Crippen LogP contribution in [0, 0.1) is 6.92 Å². The van der Waals surface area contributed by atoms with Crippen LogP contribution in [0.25, 0.3) is 0 Å². The van der Waals surface area contributed by atoms with Crippen molar-refractivity contribution >= 4 is 27.5 Å². The number of halogens is 2. The van der Waals surface area contributed by atoms with Crippen molar-refractivity contribution in [2.75, 3.05) is 0 Å². The Morgan fingerprint density at radius 1 is 1.47 bits per heavy atom. The Bertz CT molecular complexity index is 460. The molecule has 0 aliphatic carbocycles. The molecule has 0 amide bonds. The summed E-state index contributed by atoms with van der Waals surface area (Å²) in [5.74, 6) is 0. The van der Waals surface area contributed by atoms with Crippen LogP contribution in [0.4, 0.5) is 0 Å². The summed E-state index contributed by atoms with van der Waals surface area (Å²) in [7, 11) is 0. The lowest BCUT2D eigenvalue weighted by atomic mass is 10.2. The van der Waals surface area contributed by atoms with Crippen LogP contribution >= 0.6 is 27.5 Å². The van der Waals surface area contributed by atoms with Crippen LogP contribution < -0.4 is 0 Å². The number of hydrogen-bond acceptors (Lipinski definition) is 1. The maximum atomic E-state index is 5.93. The molecule has 0 N–H and O–H groups in total. The van der Waals surface area contributed by atoms with Gasteiger partial charge in [0, 0.05) is 10.7 Å². The highest BCUT2D eigenvalue weighted by Crippen LogP contribution is 2.15. The highest BCUT2D eigenvalue weighted by molar-refractivity contribution is 9.10. The quantitative estimate of drug-likeness (QED) is 0.823. The van der Waals surface area contributed by atoms with E-state index in [9.17, 15) is 0 Å². The highest BCUT2D eigenvalue weighted by atomic mass is 79.9. The van der Waals surface area contributed by atoms with Crippen molar-refractivity contribution in [2.45, 2.75) is 13.5 Å². The van der Waals surface area contributed by atoms with Gasteiger partial charge in [-0.15, -0.1) is 0 Å². The molecule has 1 heterocycles. The largest absolute Gasteiger partial charge is 0.267 e. The molecule has 78 valence electrons. The van der Waals surface area contributed by atoms with Gasteiger partial charge in [0.25, 0.3) is 0 Å². The molecule has 0 radical (unpaired) electrons. The SMILES string of the molecule is Cc1nn(Cc2cccc(Br)c2)cc1Cl. The molecule has 15 heavy (non-hydrogen) atoms. The molecule has 0 unspecified atom stereocenters. The summed E-state index contributed by atoms with van der Waals surface area (Å²) in [6.07, 6.45) is 1.85. The fourth-order valence-corrected chi connectivity index (χ4v) is 1.99. The summed E-state index contributed by atoms with van der Waals surface area (Å²) < 4.78 is 2.93. The molecule has 0 fully saturated rings. The van der Waals surface area contributed by atoms with Crippen molar-refractivity contribution in [1.29, 1.82) is 0 Å². The average Bonchev–Trinajstić information content (AvgIpc) is 2.45. The molecule has 0 aliphatic heterocycles. The van der Waals surface area contributed by atoms with Gasteiger partial charge >= 0.3 is 0 Å². The van der Waals surface area contributed by atoms with E-state index < -0.39 is 0 Å². The van der Waals surface area contributed by atoms with Gasteiger partial charge in [0.1, 0.15) is 0 Å². The van der Waals surface area contributed by atoms with Crippen LogP contribution in [-0.2, 0) is 6.54 Å². The summed E-state index contributed by atoms with van der Waals surface area (Å²) in [5.41, 5.74) is 2.07. The van der Waals surface area contributed by atoms with E-state index in [1.54, 1.807) is 0 Å². The number of nitrogens with zero attached hydrogens (tertiary/aromatic N) is 2. The highest BCUT2D eigenvalue weighted by Gasteiger charge is 2.02. The topological polar surface area (TPSA) is 17.8 Å². The number of aromatic nitrogens is 2. The minimum absolute atomic E-state index is 0.713. The van der Waals surface area contributed by atoms with Crippen LogP contribution in [-0.4, -0.2) is 9.78 Å². The third-order valence-corrected chi connectivity index (χ3v) is 2.98. The standard InChI is InChI=1S/C11H10BrClN2/c1-8-11(13)7-15(14-8)6-9-3-2-4-10(12)5-9/h2-5,7H,6H2,1H3. The first-order valence-electron chi connectivity index (χ1n) is 4.59. The van der Waals surface area contributed by atoms with E-state index in [1.165, 1.54) is 5.56 Å². The van der Waals surface area contributed by atoms with Gasteiger partial charge < -0.3 is 0 Å². The summed E-state index contributed by atoms with van der Waals surface area (Å²) in [6.45, 7) is 2.65. The third-order valence-electron chi connectivity index (χ3n) is 2.12. The Kier molecular flexibility index (Phi) is 3.12. The molecule has 1 aromatic carbocycles. The molecule has 0 spiro atoms. The smallest absolute Gasteiger partial charge is 0.0815 e. The van der Waals surface area contributed by atoms with Crippen molar-refractivity contribution < 1.29 is 0 Å². The van der Waals surface area contributed by atoms with E-state index in [0.29, 0.717) is 5.02 Å². The van der Waals surface area contributed by atoms with Crippen molar-refractivity contribution in [1.82, 2.24) is 9.78 Å². The Morgan fingerprint density at radius 2 is 2.27 bits per heavy atom. The van der Waals surface area contributed by atoms with Gasteiger partial charge in [0.2, 0.25) is 0 Å². The maximum absolute atomic E-state index is 5.93. The number of hydrogen-bond donors (Lipinski definition) is 0. The van der Waals surface area contributed by atoms with Crippen molar-refractivity contribution in [3.8, 4) is 0 Å². The zero-order valence-electron chi connectivity index (χ0n) is 8.24. The van der Waals surface area contributed by atoms with Gasteiger partial charge in [-0.25, -0.2) is 0 Å². The summed E-state index contributed by atoms with van der Waals surface area (Å²) in [5, 5.41) is 5.02. The average molecular weight is 286 g/mol. The zero-order chi connectivity index (χ0) is 10.8. The molecular formula is C11H10BrClN2. The van der Waals surface area contributed by atoms with Gasteiger partial charge in [-0.1, -0.05) is 39.7 Å². The second-order valence-electron chi connectivity index (χ2n) is 3.39. The van der Waals surface area contributed by atoms with Crippen LogP contribution in [0.5, 0.6) is 0 Å². The second kappa shape index (κ2) is 4.37. The molecule has 0 bridgehead atoms. The summed E-state index contributed by atoms with van der Waals surface area (Å²) in [6, 6.07) is 8.16. The lowest BCUT2D eigenvalue weighted by Gasteiger charge is -2.01. The normalized spacial score (nSPS) is 10.6. The van der Waals surface area contributed by atoms with Gasteiger partial charge in [0.05, 0.1) is 17.3 Å². The van der Waals surface area contributed by atoms with Crippen molar-refractivity contribution in [2.24, 2.45) is 0 Å². The molecule has 2 rings (SSSR count). The Labute approximate surface area is 102 Å². The molecule has 0 atom stereocenters. The van der Waals surface area contributed by atoms with Crippen LogP contribution in [0.1, 0.15) is 11.3 Å². The predicted molar refractivity (Wildman–Crippen MR) is 65.2 cm³/mol. The lowest BCUT2D eigenvalue weighted by molar-refractivity contribution is 0.679. The van der Waals surface area contributed by atoms with E-state index in [4.69, 9.17) is 11.6 Å². The summed E-state index contributed by atoms with van der Waals surface area (Å²) >= 11 is 9.37. The van der Waals surface area contributed by atoms with Crippen LogP contribution in [0.2, 0.25) is 5.02 Å². The molecule has 2 aromatic rings. The third kappa shape index (κ3) is 2.61. The van der Waals surface area contributed by atoms with E-state index >= 15 is 0 Å². The molecule has 1 aromatic heterocycles. The Balaban J connectivity index is 2.22. The Hall–Kier alpha value is -0.800. The van der Waals surface area contributed by atoms with E-state index in [0.717, 1.165) is 16.7 Å². The van der Waals surface area contributed by atoms with Crippen LogP contribution in [0.15, 0.2) is 34.9 Å². The number of rotatable bonds is 2. The fourth-order valence-electron chi connectivity index (χ4n) is 1.40. The minimum Gasteiger partial charge on any atom is -0.267 e. The van der Waals surface area contributed by atoms with Gasteiger partial charge in [-0.2, -0.15) is 5.10 Å². The first kappa shape index (κ1) is 10.7. The summed E-state index contributed by atoms with van der Waals surface area (Å²) in [4.78, 5) is 0. The number of aryl methyl sites for hydroxylation is 1. The monoisotopic (exact) mass is 284 g/mol. The maximum Gasteiger partial charge on any atom is 0.0815 e. The second-order valence-corrected chi connectivity index (χ2v) is 4.71. The van der Waals surface area contributed by atoms with Crippen LogP contribution in [0.3, 0.4) is 0 Å². The molecule has 0 saturated heterocycles. The van der Waals surface area contributed by atoms with Gasteiger partial charge in [-0.05, 0) is 24.6 Å². The minimum atomic E-state index is 0.713. The predicted octanol–water partition coefficient (Wildman–Crippen LogP) is 3.66. The molecule has 4 heteroatoms. The van der Waals surface area contributed by atoms with Crippen molar-refractivity contribution in [3.05, 3.63) is 51.2 Å². The fraction of sp³-hybridized carbons (Fsp3) is 0.182. The number of benzene rings is 1. The molecule has 0 aliphatic rings.